The zero-order valence-electron chi connectivity index (χ0n) is 9.63. The Bertz CT molecular complexity index is 444. The zero-order chi connectivity index (χ0) is 11.8. The summed E-state index contributed by atoms with van der Waals surface area (Å²) in [5, 5.41) is 9.07. The van der Waals surface area contributed by atoms with E-state index < -0.39 is 5.97 Å². The van der Waals surface area contributed by atoms with E-state index in [9.17, 15) is 4.79 Å². The molecule has 0 bridgehead atoms. The molecule has 2 aliphatic rings. The average molecular weight is 248 g/mol. The van der Waals surface area contributed by atoms with Gasteiger partial charge in [-0.25, -0.2) is 0 Å². The summed E-state index contributed by atoms with van der Waals surface area (Å²) in [6.45, 7) is 0. The molecule has 90 valence electrons. The summed E-state index contributed by atoms with van der Waals surface area (Å²) in [4.78, 5) is 12.4. The van der Waals surface area contributed by atoms with Crippen molar-refractivity contribution in [1.29, 1.82) is 0 Å². The van der Waals surface area contributed by atoms with E-state index in [1.807, 2.05) is 11.8 Å². The maximum atomic E-state index is 11.0. The highest BCUT2D eigenvalue weighted by molar-refractivity contribution is 7.99. The Hall–Kier alpha value is -0.960. The van der Waals surface area contributed by atoms with Crippen molar-refractivity contribution in [3.8, 4) is 0 Å². The molecule has 1 saturated carbocycles. The molecular formula is C14H16O2S. The lowest BCUT2D eigenvalue weighted by molar-refractivity contribution is -0.148. The van der Waals surface area contributed by atoms with Gasteiger partial charge in [0.15, 0.2) is 0 Å². The Kier molecular flexibility index (Phi) is 2.87. The van der Waals surface area contributed by atoms with Crippen LogP contribution in [0.25, 0.3) is 0 Å². The number of benzene rings is 1. The van der Waals surface area contributed by atoms with Gasteiger partial charge in [-0.3, -0.25) is 4.79 Å². The van der Waals surface area contributed by atoms with Crippen molar-refractivity contribution in [2.24, 2.45) is 11.8 Å². The van der Waals surface area contributed by atoms with Crippen molar-refractivity contribution in [3.05, 3.63) is 29.8 Å². The lowest BCUT2D eigenvalue weighted by Gasteiger charge is -2.35. The third kappa shape index (κ3) is 1.97. The van der Waals surface area contributed by atoms with Gasteiger partial charge in [0, 0.05) is 10.6 Å². The summed E-state index contributed by atoms with van der Waals surface area (Å²) in [6, 6.07) is 8.55. The molecule has 3 rings (SSSR count). The van der Waals surface area contributed by atoms with Gasteiger partial charge < -0.3 is 5.11 Å². The topological polar surface area (TPSA) is 37.3 Å². The van der Waals surface area contributed by atoms with Crippen LogP contribution in [-0.4, -0.2) is 16.8 Å². The van der Waals surface area contributed by atoms with Gasteiger partial charge in [-0.2, -0.15) is 0 Å². The van der Waals surface area contributed by atoms with E-state index in [4.69, 9.17) is 5.11 Å². The number of hydrogen-bond acceptors (Lipinski definition) is 2. The van der Waals surface area contributed by atoms with Crippen molar-refractivity contribution in [1.82, 2.24) is 0 Å². The van der Waals surface area contributed by atoms with E-state index in [0.29, 0.717) is 11.8 Å². The predicted octanol–water partition coefficient (Wildman–Crippen LogP) is 3.38. The summed E-state index contributed by atoms with van der Waals surface area (Å²) in [7, 11) is 0. The number of hydrogen-bond donors (Lipinski definition) is 1. The fourth-order valence-electron chi connectivity index (χ4n) is 2.97. The van der Waals surface area contributed by atoms with Crippen LogP contribution in [0.3, 0.4) is 0 Å². The maximum Gasteiger partial charge on any atom is 0.306 e. The third-order valence-corrected chi connectivity index (χ3v) is 5.37. The molecule has 1 aliphatic carbocycles. The van der Waals surface area contributed by atoms with E-state index in [2.05, 4.69) is 24.3 Å². The first-order valence-electron chi connectivity index (χ1n) is 6.20. The van der Waals surface area contributed by atoms with E-state index in [0.717, 1.165) is 25.0 Å². The SMILES string of the molecule is O=C(O)C1CCC1CC1CSc2ccccc21. The summed E-state index contributed by atoms with van der Waals surface area (Å²) >= 11 is 1.91. The van der Waals surface area contributed by atoms with Gasteiger partial charge in [0.2, 0.25) is 0 Å². The van der Waals surface area contributed by atoms with Crippen LogP contribution in [0.2, 0.25) is 0 Å². The van der Waals surface area contributed by atoms with Crippen LogP contribution in [0, 0.1) is 11.8 Å². The Balaban J connectivity index is 1.70. The lowest BCUT2D eigenvalue weighted by Crippen LogP contribution is -2.33. The molecule has 0 amide bonds. The third-order valence-electron chi connectivity index (χ3n) is 4.12. The Morgan fingerprint density at radius 1 is 1.35 bits per heavy atom. The second-order valence-electron chi connectivity index (χ2n) is 5.06. The van der Waals surface area contributed by atoms with Crippen molar-refractivity contribution < 1.29 is 9.90 Å². The number of fused-ring (bicyclic) bond motifs is 1. The zero-order valence-corrected chi connectivity index (χ0v) is 10.5. The molecule has 0 aromatic heterocycles. The van der Waals surface area contributed by atoms with Crippen LogP contribution in [0.4, 0.5) is 0 Å². The van der Waals surface area contributed by atoms with Crippen molar-refractivity contribution in [2.75, 3.05) is 5.75 Å². The molecule has 0 saturated heterocycles. The molecule has 17 heavy (non-hydrogen) atoms. The van der Waals surface area contributed by atoms with E-state index in [-0.39, 0.29) is 5.92 Å². The van der Waals surface area contributed by atoms with E-state index >= 15 is 0 Å². The smallest absolute Gasteiger partial charge is 0.306 e. The molecule has 0 radical (unpaired) electrons. The Morgan fingerprint density at radius 2 is 2.18 bits per heavy atom. The van der Waals surface area contributed by atoms with Gasteiger partial charge in [0.05, 0.1) is 5.92 Å². The molecule has 3 atom stereocenters. The Morgan fingerprint density at radius 3 is 2.88 bits per heavy atom. The van der Waals surface area contributed by atoms with E-state index in [1.165, 1.54) is 10.5 Å². The van der Waals surface area contributed by atoms with Crippen LogP contribution < -0.4 is 0 Å². The van der Waals surface area contributed by atoms with Gasteiger partial charge in [0.25, 0.3) is 0 Å². The second-order valence-corrected chi connectivity index (χ2v) is 6.13. The van der Waals surface area contributed by atoms with Crippen LogP contribution in [0.5, 0.6) is 0 Å². The van der Waals surface area contributed by atoms with Crippen molar-refractivity contribution in [2.45, 2.75) is 30.1 Å². The quantitative estimate of drug-likeness (QED) is 0.891. The second kappa shape index (κ2) is 4.37. The number of rotatable bonds is 3. The molecule has 1 aliphatic heterocycles. The highest BCUT2D eigenvalue weighted by Gasteiger charge is 2.39. The fraction of sp³-hybridized carbons (Fsp3) is 0.500. The molecule has 1 heterocycles. The van der Waals surface area contributed by atoms with Gasteiger partial charge in [-0.1, -0.05) is 18.2 Å². The van der Waals surface area contributed by atoms with Gasteiger partial charge in [-0.05, 0) is 42.7 Å². The summed E-state index contributed by atoms with van der Waals surface area (Å²) in [5.74, 6) is 1.43. The normalized spacial score (nSPS) is 30.7. The molecule has 0 spiro atoms. The minimum absolute atomic E-state index is 0.0761. The number of aliphatic carboxylic acids is 1. The first-order valence-corrected chi connectivity index (χ1v) is 7.19. The molecule has 1 aromatic rings. The van der Waals surface area contributed by atoms with Gasteiger partial charge >= 0.3 is 5.97 Å². The summed E-state index contributed by atoms with van der Waals surface area (Å²) < 4.78 is 0. The summed E-state index contributed by atoms with van der Waals surface area (Å²) in [6.07, 6.45) is 3.03. The monoisotopic (exact) mass is 248 g/mol. The minimum atomic E-state index is -0.597. The molecule has 2 nitrogen and oxygen atoms in total. The fourth-order valence-corrected chi connectivity index (χ4v) is 4.24. The largest absolute Gasteiger partial charge is 0.481 e. The minimum Gasteiger partial charge on any atom is -0.481 e. The highest BCUT2D eigenvalue weighted by atomic mass is 32.2. The molecule has 3 unspecified atom stereocenters. The van der Waals surface area contributed by atoms with Crippen molar-refractivity contribution >= 4 is 17.7 Å². The van der Waals surface area contributed by atoms with E-state index in [1.54, 1.807) is 0 Å². The standard InChI is InChI=1S/C14H16O2S/c15-14(16)12-6-5-9(12)7-10-8-17-13-4-2-1-3-11(10)13/h1-4,9-10,12H,5-8H2,(H,15,16). The summed E-state index contributed by atoms with van der Waals surface area (Å²) in [5.41, 5.74) is 1.44. The molecular weight excluding hydrogens is 232 g/mol. The average Bonchev–Trinajstić information content (AvgIpc) is 2.67. The van der Waals surface area contributed by atoms with Gasteiger partial charge in [-0.15, -0.1) is 11.8 Å². The lowest BCUT2D eigenvalue weighted by atomic mass is 9.69. The van der Waals surface area contributed by atoms with Crippen LogP contribution in [0.1, 0.15) is 30.7 Å². The van der Waals surface area contributed by atoms with Crippen LogP contribution in [-0.2, 0) is 4.79 Å². The van der Waals surface area contributed by atoms with Crippen LogP contribution >= 0.6 is 11.8 Å². The first-order chi connectivity index (χ1) is 8.25. The predicted molar refractivity (Wildman–Crippen MR) is 68.4 cm³/mol. The van der Waals surface area contributed by atoms with Crippen molar-refractivity contribution in [3.63, 3.8) is 0 Å². The molecule has 3 heteroatoms. The number of thioether (sulfide) groups is 1. The number of carboxylic acids is 1. The molecule has 1 aromatic carbocycles. The van der Waals surface area contributed by atoms with Gasteiger partial charge in [0.1, 0.15) is 0 Å². The first kappa shape index (κ1) is 11.1. The molecule has 1 N–H and O–H groups in total. The molecule has 1 fully saturated rings. The number of carboxylic acid groups (broad SMARTS) is 1. The van der Waals surface area contributed by atoms with Crippen LogP contribution in [0.15, 0.2) is 29.2 Å². The highest BCUT2D eigenvalue weighted by Crippen LogP contribution is 2.47. The Labute approximate surface area is 105 Å². The maximum absolute atomic E-state index is 11.0. The number of carbonyl (C=O) groups is 1.